The number of imide groups is 1. The number of rotatable bonds is 2. The first-order chi connectivity index (χ1) is 6.16. The molecule has 1 heterocycles. The Labute approximate surface area is 75.1 Å². The lowest BCUT2D eigenvalue weighted by Gasteiger charge is -2.11. The van der Waals surface area contributed by atoms with Crippen molar-refractivity contribution in [2.45, 2.75) is 34.1 Å². The summed E-state index contributed by atoms with van der Waals surface area (Å²) in [7, 11) is 1.25. The third kappa shape index (κ3) is 1.84. The van der Waals surface area contributed by atoms with Crippen LogP contribution < -0.4 is 0 Å². The number of carbonyl (C=O) groups excluding carboxylic acids is 2. The maximum atomic E-state index is 11.2. The maximum Gasteiger partial charge on any atom is 0.232 e. The van der Waals surface area contributed by atoms with Crippen molar-refractivity contribution < 1.29 is 11.0 Å². The lowest BCUT2D eigenvalue weighted by atomic mass is 10.1. The van der Waals surface area contributed by atoms with Crippen LogP contribution in [0.5, 0.6) is 0 Å². The number of nitrogens with zero attached hydrogens (tertiary/aromatic N) is 1. The molecule has 0 aromatic rings. The van der Waals surface area contributed by atoms with E-state index >= 15 is 0 Å². The molecule has 1 aliphatic heterocycles. The van der Waals surface area contributed by atoms with Gasteiger partial charge in [-0.2, -0.15) is 0 Å². The van der Waals surface area contributed by atoms with Gasteiger partial charge < -0.3 is 0 Å². The lowest BCUT2D eigenvalue weighted by molar-refractivity contribution is -0.139. The van der Waals surface area contributed by atoms with E-state index in [-0.39, 0.29) is 17.7 Å². The summed E-state index contributed by atoms with van der Waals surface area (Å²) in [5.74, 6) is -0.102. The Kier molecular flexibility index (Phi) is 3.26. The first-order valence-corrected chi connectivity index (χ1v) is 4.01. The first kappa shape index (κ1) is 9.23. The van der Waals surface area contributed by atoms with E-state index in [0.717, 1.165) is 6.42 Å². The Bertz CT molecular complexity index is 194. The normalized spacial score (nSPS) is 23.4. The van der Waals surface area contributed by atoms with Gasteiger partial charge in [0, 0.05) is 20.3 Å². The van der Waals surface area contributed by atoms with Crippen LogP contribution in [0.25, 0.3) is 0 Å². The molecule has 1 aliphatic rings. The standard InChI is InChI=1S/C8H13NO2.CH4/c1-3-4-9-7(10)5-6(2)8(9)11;/h6H,3-5H2,1-2H3;1H4/t6-;/m0./s1/i;1D. The molecule has 0 aliphatic carbocycles. The summed E-state index contributed by atoms with van der Waals surface area (Å²) in [6, 6.07) is 0. The van der Waals surface area contributed by atoms with Gasteiger partial charge in [-0.3, -0.25) is 14.5 Å². The third-order valence-electron chi connectivity index (χ3n) is 1.92. The molecule has 12 heavy (non-hydrogen) atoms. The van der Waals surface area contributed by atoms with Crippen molar-refractivity contribution in [1.82, 2.24) is 4.90 Å². The summed E-state index contributed by atoms with van der Waals surface area (Å²) in [5.41, 5.74) is 0. The molecule has 1 atom stereocenters. The average molecular weight is 172 g/mol. The van der Waals surface area contributed by atoms with Gasteiger partial charge in [0.2, 0.25) is 11.8 Å². The molecule has 0 bridgehead atoms. The highest BCUT2D eigenvalue weighted by atomic mass is 16.2. The van der Waals surface area contributed by atoms with E-state index in [2.05, 4.69) is 0 Å². The van der Waals surface area contributed by atoms with Crippen LogP contribution in [0.4, 0.5) is 0 Å². The van der Waals surface area contributed by atoms with Gasteiger partial charge in [0.15, 0.2) is 0 Å². The van der Waals surface area contributed by atoms with Crippen molar-refractivity contribution in [2.24, 2.45) is 5.92 Å². The van der Waals surface area contributed by atoms with Gasteiger partial charge in [-0.1, -0.05) is 21.3 Å². The fourth-order valence-corrected chi connectivity index (χ4v) is 1.31. The van der Waals surface area contributed by atoms with E-state index in [1.54, 1.807) is 6.92 Å². The minimum absolute atomic E-state index is 0.00292. The number of hydrogen-bond donors (Lipinski definition) is 0. The van der Waals surface area contributed by atoms with E-state index in [0.29, 0.717) is 13.0 Å². The second kappa shape index (κ2) is 4.24. The Morgan fingerprint density at radius 1 is 1.67 bits per heavy atom. The molecule has 3 nitrogen and oxygen atoms in total. The average Bonchev–Trinajstić information content (AvgIpc) is 2.36. The zero-order valence-corrected chi connectivity index (χ0v) is 7.96. The summed E-state index contributed by atoms with van der Waals surface area (Å²) in [5, 5.41) is 0. The Hall–Kier alpha value is -0.860. The van der Waals surface area contributed by atoms with E-state index in [4.69, 9.17) is 1.37 Å². The molecule has 0 N–H and O–H groups in total. The van der Waals surface area contributed by atoms with Gasteiger partial charge >= 0.3 is 0 Å². The van der Waals surface area contributed by atoms with Gasteiger partial charge in [-0.25, -0.2) is 0 Å². The Balaban J connectivity index is 0.000000671. The SMILES string of the molecule is CCCN1C(=O)C[C@H](C)C1=O.[2H]C. The van der Waals surface area contributed by atoms with Crippen LogP contribution in [-0.2, 0) is 9.59 Å². The van der Waals surface area contributed by atoms with Crippen LogP contribution in [0.15, 0.2) is 0 Å². The van der Waals surface area contributed by atoms with Crippen molar-refractivity contribution in [2.75, 3.05) is 6.54 Å². The monoisotopic (exact) mass is 172 g/mol. The van der Waals surface area contributed by atoms with Crippen LogP contribution >= 0.6 is 0 Å². The summed E-state index contributed by atoms with van der Waals surface area (Å²) >= 11 is 0. The summed E-state index contributed by atoms with van der Waals surface area (Å²) in [6.07, 6.45) is 1.25. The zero-order valence-electron chi connectivity index (χ0n) is 8.96. The topological polar surface area (TPSA) is 37.4 Å². The van der Waals surface area contributed by atoms with Crippen molar-refractivity contribution in [3.63, 3.8) is 0 Å². The Morgan fingerprint density at radius 3 is 2.58 bits per heavy atom. The van der Waals surface area contributed by atoms with Gasteiger partial charge in [0.25, 0.3) is 0 Å². The molecule has 0 saturated carbocycles. The lowest BCUT2D eigenvalue weighted by Crippen LogP contribution is -2.30. The highest BCUT2D eigenvalue weighted by Crippen LogP contribution is 2.18. The molecule has 1 fully saturated rings. The molecule has 0 aromatic heterocycles. The van der Waals surface area contributed by atoms with E-state index in [1.165, 1.54) is 12.3 Å². The summed E-state index contributed by atoms with van der Waals surface area (Å²) in [4.78, 5) is 23.7. The third-order valence-corrected chi connectivity index (χ3v) is 1.92. The van der Waals surface area contributed by atoms with Crippen molar-refractivity contribution in [3.8, 4) is 0 Å². The first-order valence-electron chi connectivity index (χ1n) is 5.01. The largest absolute Gasteiger partial charge is 0.282 e. The molecule has 1 saturated heterocycles. The predicted molar refractivity (Wildman–Crippen MR) is 47.5 cm³/mol. The molecule has 0 spiro atoms. The molecule has 0 radical (unpaired) electrons. The predicted octanol–water partition coefficient (Wildman–Crippen LogP) is 1.43. The fraction of sp³-hybridized carbons (Fsp3) is 0.778. The second-order valence-electron chi connectivity index (χ2n) is 2.99. The van der Waals surface area contributed by atoms with E-state index in [1.807, 2.05) is 6.92 Å². The van der Waals surface area contributed by atoms with Gasteiger partial charge in [-0.15, -0.1) is 0 Å². The van der Waals surface area contributed by atoms with Crippen LogP contribution in [0.3, 0.4) is 0 Å². The van der Waals surface area contributed by atoms with Crippen LogP contribution in [-0.4, -0.2) is 23.3 Å². The smallest absolute Gasteiger partial charge is 0.232 e. The fourth-order valence-electron chi connectivity index (χ4n) is 1.31. The van der Waals surface area contributed by atoms with E-state index in [9.17, 15) is 9.59 Å². The van der Waals surface area contributed by atoms with Crippen LogP contribution in [0, 0.1) is 5.92 Å². The van der Waals surface area contributed by atoms with Gasteiger partial charge in [0.05, 0.1) is 0 Å². The van der Waals surface area contributed by atoms with Crippen LogP contribution in [0.1, 0.15) is 35.5 Å². The highest BCUT2D eigenvalue weighted by molar-refractivity contribution is 6.03. The molecule has 2 amide bonds. The number of likely N-dealkylation sites (tertiary alicyclic amines) is 1. The minimum Gasteiger partial charge on any atom is -0.282 e. The molecule has 0 aromatic carbocycles. The van der Waals surface area contributed by atoms with Gasteiger partial charge in [-0.05, 0) is 6.42 Å². The quantitative estimate of drug-likeness (QED) is 0.591. The van der Waals surface area contributed by atoms with Crippen molar-refractivity contribution in [1.29, 1.82) is 0 Å². The Morgan fingerprint density at radius 2 is 2.25 bits per heavy atom. The molecule has 70 valence electrons. The molecular formula is C9H17NO2. The number of hydrogen-bond acceptors (Lipinski definition) is 2. The summed E-state index contributed by atoms with van der Waals surface area (Å²) in [6.45, 7) is 4.35. The number of carbonyl (C=O) groups is 2. The molecular weight excluding hydrogens is 154 g/mol. The van der Waals surface area contributed by atoms with Crippen molar-refractivity contribution >= 4 is 11.8 Å². The second-order valence-corrected chi connectivity index (χ2v) is 2.99. The van der Waals surface area contributed by atoms with Gasteiger partial charge in [0.1, 0.15) is 0 Å². The zero-order chi connectivity index (χ0) is 10.4. The minimum atomic E-state index is -0.0888. The van der Waals surface area contributed by atoms with Crippen molar-refractivity contribution in [3.05, 3.63) is 0 Å². The maximum absolute atomic E-state index is 11.2. The number of amides is 2. The molecule has 1 rings (SSSR count). The molecule has 0 unspecified atom stereocenters. The highest BCUT2D eigenvalue weighted by Gasteiger charge is 2.34. The van der Waals surface area contributed by atoms with Crippen LogP contribution in [0.2, 0.25) is 0 Å². The molecule has 3 heteroatoms. The summed E-state index contributed by atoms with van der Waals surface area (Å²) < 4.78 is 5.75. The van der Waals surface area contributed by atoms with E-state index < -0.39 is 0 Å².